The van der Waals surface area contributed by atoms with E-state index in [0.717, 1.165) is 51.4 Å². The van der Waals surface area contributed by atoms with E-state index in [9.17, 15) is 29.4 Å². The number of rotatable bonds is 16. The Hall–Kier alpha value is -4.72. The molecule has 0 aliphatic heterocycles. The minimum atomic E-state index is -1.22. The molecule has 0 spiro atoms. The van der Waals surface area contributed by atoms with Crippen LogP contribution in [0.4, 0.5) is 0 Å². The molecule has 0 aromatic heterocycles. The van der Waals surface area contributed by atoms with E-state index in [-0.39, 0.29) is 28.3 Å². The zero-order valence-electron chi connectivity index (χ0n) is 28.4. The highest BCUT2D eigenvalue weighted by atomic mass is 16.4. The Morgan fingerprint density at radius 2 is 0.854 bits per heavy atom. The van der Waals surface area contributed by atoms with Crippen molar-refractivity contribution in [1.29, 1.82) is 0 Å². The Morgan fingerprint density at radius 1 is 0.521 bits per heavy atom. The molecule has 48 heavy (non-hydrogen) atoms. The van der Waals surface area contributed by atoms with Gasteiger partial charge >= 0.3 is 11.9 Å². The van der Waals surface area contributed by atoms with Crippen LogP contribution in [0.1, 0.15) is 120 Å². The number of unbranched alkanes of at least 4 members (excludes halogenated alkanes) is 2. The molecule has 2 atom stereocenters. The van der Waals surface area contributed by atoms with E-state index in [1.54, 1.807) is 24.3 Å². The fourth-order valence-electron chi connectivity index (χ4n) is 7.17. The highest BCUT2D eigenvalue weighted by Crippen LogP contribution is 2.44. The molecule has 4 N–H and O–H groups in total. The highest BCUT2D eigenvalue weighted by Gasteiger charge is 2.26. The Morgan fingerprint density at radius 3 is 1.17 bits per heavy atom. The maximum Gasteiger partial charge on any atom is 0.336 e. The molecule has 5 aromatic rings. The third-order valence-electron chi connectivity index (χ3n) is 10.0. The number of nitrogens with one attached hydrogen (secondary N) is 2. The molecule has 5 aromatic carbocycles. The number of carbonyl (C=O) groups excluding carboxylic acids is 2. The molecule has 0 saturated heterocycles. The van der Waals surface area contributed by atoms with Crippen molar-refractivity contribution in [3.63, 3.8) is 0 Å². The number of hydrogen-bond acceptors (Lipinski definition) is 4. The Kier molecular flexibility index (Phi) is 10.8. The van der Waals surface area contributed by atoms with Crippen LogP contribution in [0.2, 0.25) is 0 Å². The summed E-state index contributed by atoms with van der Waals surface area (Å²) in [6.07, 6.45) is 8.32. The zero-order chi connectivity index (χ0) is 34.5. The summed E-state index contributed by atoms with van der Waals surface area (Å²) in [7, 11) is 0. The van der Waals surface area contributed by atoms with E-state index < -0.39 is 11.9 Å². The van der Waals surface area contributed by atoms with Crippen LogP contribution >= 0.6 is 0 Å². The van der Waals surface area contributed by atoms with Gasteiger partial charge in [-0.25, -0.2) is 9.59 Å². The molecule has 0 heterocycles. The molecule has 2 amide bonds. The van der Waals surface area contributed by atoms with E-state index in [4.69, 9.17) is 0 Å². The Bertz CT molecular complexity index is 1860. The lowest BCUT2D eigenvalue weighted by Crippen LogP contribution is -2.31. The van der Waals surface area contributed by atoms with E-state index in [0.29, 0.717) is 73.8 Å². The molecular formula is C40H46N2O6. The standard InChI is InChI=1S/C40H46N2O6/c1-5-9-11-23(7-3)21-41-37(43)29-17-13-25-27-15-19-31(39(45)46)36-32(40(47)48)20-16-28(34(27)36)26-14-18-30(35(29)33(25)26)38(44)42-22-24(8-4)12-10-6-2/h13-20,23-24H,5-12,21-22H2,1-4H3,(H,41,43)(H,42,44)(H,45,46)(H,47,48). The minimum Gasteiger partial charge on any atom is -0.478 e. The SMILES string of the molecule is CCCCC(CC)CNC(=O)c1ccc2c3ccc(C(=O)O)c4c(C(=O)O)ccc(c5ccc(C(=O)NCC(CC)CCCC)c1c25)c43. The molecule has 0 saturated carbocycles. The van der Waals surface area contributed by atoms with Crippen LogP contribution in [0.25, 0.3) is 43.1 Å². The number of carbonyl (C=O) groups is 4. The summed E-state index contributed by atoms with van der Waals surface area (Å²) < 4.78 is 0. The summed E-state index contributed by atoms with van der Waals surface area (Å²) >= 11 is 0. The quantitative estimate of drug-likeness (QED) is 0.0622. The molecule has 0 aliphatic carbocycles. The monoisotopic (exact) mass is 650 g/mol. The molecule has 0 radical (unpaired) electrons. The van der Waals surface area contributed by atoms with Gasteiger partial charge in [-0.2, -0.15) is 0 Å². The topological polar surface area (TPSA) is 133 Å². The molecule has 0 fully saturated rings. The number of carboxylic acids is 2. The Labute approximate surface area is 281 Å². The fraction of sp³-hybridized carbons (Fsp3) is 0.400. The van der Waals surface area contributed by atoms with Gasteiger partial charge in [0.25, 0.3) is 11.8 Å². The van der Waals surface area contributed by atoms with Gasteiger partial charge in [0.15, 0.2) is 0 Å². The summed E-state index contributed by atoms with van der Waals surface area (Å²) in [5.41, 5.74) is 0.602. The van der Waals surface area contributed by atoms with Crippen molar-refractivity contribution in [2.75, 3.05) is 13.1 Å². The van der Waals surface area contributed by atoms with Crippen LogP contribution in [0.5, 0.6) is 0 Å². The number of aromatic carboxylic acids is 2. The van der Waals surface area contributed by atoms with Gasteiger partial charge in [0.05, 0.1) is 11.1 Å². The van der Waals surface area contributed by atoms with Crippen molar-refractivity contribution in [2.24, 2.45) is 11.8 Å². The lowest BCUT2D eigenvalue weighted by atomic mass is 9.84. The van der Waals surface area contributed by atoms with Crippen molar-refractivity contribution in [1.82, 2.24) is 10.6 Å². The van der Waals surface area contributed by atoms with Gasteiger partial charge in [-0.1, -0.05) is 90.5 Å². The summed E-state index contributed by atoms with van der Waals surface area (Å²) in [5, 5.41) is 31.0. The predicted octanol–water partition coefficient (Wildman–Crippen LogP) is 9.03. The van der Waals surface area contributed by atoms with Gasteiger partial charge in [0.1, 0.15) is 0 Å². The maximum absolute atomic E-state index is 14.0. The first-order valence-electron chi connectivity index (χ1n) is 17.4. The smallest absolute Gasteiger partial charge is 0.336 e. The van der Waals surface area contributed by atoms with Gasteiger partial charge in [-0.15, -0.1) is 0 Å². The van der Waals surface area contributed by atoms with Gasteiger partial charge in [0.2, 0.25) is 0 Å². The fourth-order valence-corrected chi connectivity index (χ4v) is 7.17. The molecule has 2 unspecified atom stereocenters. The van der Waals surface area contributed by atoms with Crippen LogP contribution in [0, 0.1) is 11.8 Å². The summed E-state index contributed by atoms with van der Waals surface area (Å²) in [6.45, 7) is 9.64. The first-order valence-corrected chi connectivity index (χ1v) is 17.4. The molecule has 0 bridgehead atoms. The average molecular weight is 651 g/mol. The predicted molar refractivity (Wildman–Crippen MR) is 193 cm³/mol. The van der Waals surface area contributed by atoms with Crippen molar-refractivity contribution in [2.45, 2.75) is 79.1 Å². The summed E-state index contributed by atoms with van der Waals surface area (Å²) in [6, 6.07) is 13.4. The summed E-state index contributed by atoms with van der Waals surface area (Å²) in [4.78, 5) is 52.6. The van der Waals surface area contributed by atoms with Gasteiger partial charge < -0.3 is 20.8 Å². The normalized spacial score (nSPS) is 12.9. The first kappa shape index (κ1) is 34.6. The third-order valence-corrected chi connectivity index (χ3v) is 10.0. The van der Waals surface area contributed by atoms with Crippen LogP contribution in [0.3, 0.4) is 0 Å². The van der Waals surface area contributed by atoms with Gasteiger partial charge in [0, 0.05) is 35.0 Å². The lowest BCUT2D eigenvalue weighted by Gasteiger charge is -2.21. The summed E-state index contributed by atoms with van der Waals surface area (Å²) in [5.74, 6) is -2.25. The number of hydrogen-bond donors (Lipinski definition) is 4. The molecule has 8 nitrogen and oxygen atoms in total. The largest absolute Gasteiger partial charge is 0.478 e. The number of fused-ring (bicyclic) bond motifs is 2. The van der Waals surface area contributed by atoms with Gasteiger partial charge in [-0.3, -0.25) is 9.59 Å². The molecule has 8 heteroatoms. The van der Waals surface area contributed by atoms with Crippen molar-refractivity contribution in [3.05, 3.63) is 70.8 Å². The second-order valence-electron chi connectivity index (χ2n) is 13.0. The number of amides is 2. The molecule has 5 rings (SSSR count). The Balaban J connectivity index is 1.75. The second kappa shape index (κ2) is 15.0. The van der Waals surface area contributed by atoms with Crippen LogP contribution in [-0.4, -0.2) is 47.1 Å². The second-order valence-corrected chi connectivity index (χ2v) is 13.0. The van der Waals surface area contributed by atoms with E-state index in [2.05, 4.69) is 38.3 Å². The van der Waals surface area contributed by atoms with Crippen molar-refractivity contribution >= 4 is 66.8 Å². The van der Waals surface area contributed by atoms with Crippen LogP contribution in [-0.2, 0) is 0 Å². The van der Waals surface area contributed by atoms with Crippen molar-refractivity contribution < 1.29 is 29.4 Å². The minimum absolute atomic E-state index is 0.0956. The zero-order valence-corrected chi connectivity index (χ0v) is 28.4. The first-order chi connectivity index (χ1) is 23.2. The maximum atomic E-state index is 14.0. The molecular weight excluding hydrogens is 604 g/mol. The third kappa shape index (κ3) is 6.53. The molecule has 0 aliphatic rings. The number of carboxylic acid groups (broad SMARTS) is 2. The van der Waals surface area contributed by atoms with E-state index >= 15 is 0 Å². The number of benzene rings is 5. The molecule has 252 valence electrons. The van der Waals surface area contributed by atoms with E-state index in [1.165, 1.54) is 12.1 Å². The van der Waals surface area contributed by atoms with Gasteiger partial charge in [-0.05, 0) is 81.3 Å². The average Bonchev–Trinajstić information content (AvgIpc) is 3.09. The van der Waals surface area contributed by atoms with Crippen molar-refractivity contribution in [3.8, 4) is 0 Å². The highest BCUT2D eigenvalue weighted by molar-refractivity contribution is 6.38. The van der Waals surface area contributed by atoms with Crippen LogP contribution < -0.4 is 10.6 Å². The van der Waals surface area contributed by atoms with E-state index in [1.807, 2.05) is 12.1 Å². The van der Waals surface area contributed by atoms with Crippen LogP contribution in [0.15, 0.2) is 48.5 Å². The lowest BCUT2D eigenvalue weighted by molar-refractivity contribution is 0.0695.